The maximum atomic E-state index is 14.0. The molecule has 8 nitrogen and oxygen atoms in total. The zero-order valence-corrected chi connectivity index (χ0v) is 19.1. The summed E-state index contributed by atoms with van der Waals surface area (Å²) in [5.41, 5.74) is 1.83. The van der Waals surface area contributed by atoms with E-state index >= 15 is 0 Å². The van der Waals surface area contributed by atoms with Crippen LogP contribution in [-0.2, 0) is 0 Å². The number of urea groups is 1. The Bertz CT molecular complexity index is 1430. The minimum atomic E-state index is -0.680. The average molecular weight is 475 g/mol. The maximum absolute atomic E-state index is 14.0. The largest absolute Gasteiger partial charge is 0.338 e. The zero-order chi connectivity index (χ0) is 24.2. The van der Waals surface area contributed by atoms with Crippen LogP contribution in [0, 0.1) is 17.1 Å². The summed E-state index contributed by atoms with van der Waals surface area (Å²) in [4.78, 5) is 35.1. The van der Waals surface area contributed by atoms with Crippen molar-refractivity contribution >= 4 is 44.9 Å². The monoisotopic (exact) mass is 474 g/mol. The second-order valence-electron chi connectivity index (χ2n) is 7.27. The molecule has 3 heterocycles. The number of carbonyl (C=O) groups is 2. The SMILES string of the molecule is CCNC(=O)Nc1ccc(-c2cncc3sc(C(=O)N(C)c4ccc(C#N)c(F)c4)cc23)cn1. The van der Waals surface area contributed by atoms with Crippen LogP contribution in [0.5, 0.6) is 0 Å². The van der Waals surface area contributed by atoms with Gasteiger partial charge in [0.25, 0.3) is 5.91 Å². The first-order chi connectivity index (χ1) is 16.4. The Morgan fingerprint density at radius 2 is 2.00 bits per heavy atom. The number of rotatable bonds is 5. The number of carbonyl (C=O) groups excluding carboxylic acids is 2. The van der Waals surface area contributed by atoms with Gasteiger partial charge in [-0.15, -0.1) is 11.3 Å². The van der Waals surface area contributed by atoms with Gasteiger partial charge in [0.15, 0.2) is 0 Å². The number of pyridine rings is 2. The van der Waals surface area contributed by atoms with Crippen LogP contribution < -0.4 is 15.5 Å². The maximum Gasteiger partial charge on any atom is 0.320 e. The lowest BCUT2D eigenvalue weighted by Gasteiger charge is -2.16. The molecule has 3 aromatic heterocycles. The van der Waals surface area contributed by atoms with Crippen LogP contribution in [0.3, 0.4) is 0 Å². The third-order valence-electron chi connectivity index (χ3n) is 5.08. The standard InChI is InChI=1S/C24H19FN6O2S/c1-3-28-24(33)30-22-7-5-15(11-29-22)18-12-27-13-21-17(18)9-20(34-21)23(32)31(2)16-6-4-14(10-26)19(25)8-16/h4-9,11-13H,3H2,1-2H3,(H2,28,29,30,33). The number of thiophene rings is 1. The highest BCUT2D eigenvalue weighted by molar-refractivity contribution is 7.21. The van der Waals surface area contributed by atoms with E-state index in [0.717, 1.165) is 21.2 Å². The fourth-order valence-electron chi connectivity index (χ4n) is 3.33. The normalized spacial score (nSPS) is 10.5. The lowest BCUT2D eigenvalue weighted by Crippen LogP contribution is -2.28. The quantitative estimate of drug-likeness (QED) is 0.432. The number of benzene rings is 1. The van der Waals surface area contributed by atoms with Crippen LogP contribution >= 0.6 is 11.3 Å². The molecule has 0 aliphatic rings. The lowest BCUT2D eigenvalue weighted by molar-refractivity contribution is 0.0997. The molecule has 0 atom stereocenters. The van der Waals surface area contributed by atoms with E-state index < -0.39 is 5.82 Å². The number of nitrogens with one attached hydrogen (secondary N) is 2. The first kappa shape index (κ1) is 22.8. The number of amides is 3. The van der Waals surface area contributed by atoms with Crippen molar-refractivity contribution in [1.82, 2.24) is 15.3 Å². The van der Waals surface area contributed by atoms with Gasteiger partial charge in [-0.1, -0.05) is 0 Å². The van der Waals surface area contributed by atoms with Crippen molar-refractivity contribution < 1.29 is 14.0 Å². The predicted molar refractivity (Wildman–Crippen MR) is 129 cm³/mol. The Labute approximate surface area is 198 Å². The fourth-order valence-corrected chi connectivity index (χ4v) is 4.36. The number of anilines is 2. The van der Waals surface area contributed by atoms with Gasteiger partial charge in [-0.3, -0.25) is 15.1 Å². The molecule has 0 radical (unpaired) electrons. The van der Waals surface area contributed by atoms with Gasteiger partial charge in [-0.05, 0) is 43.3 Å². The number of hydrogen-bond acceptors (Lipinski definition) is 6. The highest BCUT2D eigenvalue weighted by Gasteiger charge is 2.19. The Morgan fingerprint density at radius 1 is 1.18 bits per heavy atom. The molecule has 4 aromatic rings. The van der Waals surface area contributed by atoms with Crippen molar-refractivity contribution in [2.45, 2.75) is 6.92 Å². The third kappa shape index (κ3) is 4.55. The summed E-state index contributed by atoms with van der Waals surface area (Å²) in [5.74, 6) is -0.580. The van der Waals surface area contributed by atoms with Crippen molar-refractivity contribution in [3.63, 3.8) is 0 Å². The first-order valence-corrected chi connectivity index (χ1v) is 11.1. The molecule has 4 rings (SSSR count). The number of fused-ring (bicyclic) bond motifs is 1. The van der Waals surface area contributed by atoms with Crippen LogP contribution in [0.4, 0.5) is 20.7 Å². The Morgan fingerprint density at radius 3 is 2.68 bits per heavy atom. The van der Waals surface area contributed by atoms with Gasteiger partial charge in [0, 0.05) is 54.4 Å². The topological polar surface area (TPSA) is 111 Å². The molecule has 0 fully saturated rings. The van der Waals surface area contributed by atoms with Crippen LogP contribution in [0.2, 0.25) is 0 Å². The van der Waals surface area contributed by atoms with E-state index in [2.05, 4.69) is 20.6 Å². The molecular formula is C24H19FN6O2S. The van der Waals surface area contributed by atoms with Crippen molar-refractivity contribution in [2.75, 3.05) is 23.8 Å². The fraction of sp³-hybridized carbons (Fsp3) is 0.125. The zero-order valence-electron chi connectivity index (χ0n) is 18.3. The second kappa shape index (κ2) is 9.64. The summed E-state index contributed by atoms with van der Waals surface area (Å²) in [6.07, 6.45) is 5.00. The first-order valence-electron chi connectivity index (χ1n) is 10.3. The number of hydrogen-bond donors (Lipinski definition) is 2. The van der Waals surface area contributed by atoms with Gasteiger partial charge in [0.2, 0.25) is 0 Å². The van der Waals surface area contributed by atoms with Gasteiger partial charge in [0.05, 0.1) is 15.1 Å². The molecule has 3 amide bonds. The molecule has 34 heavy (non-hydrogen) atoms. The van der Waals surface area contributed by atoms with Gasteiger partial charge in [-0.25, -0.2) is 14.2 Å². The van der Waals surface area contributed by atoms with Crippen LogP contribution in [0.25, 0.3) is 21.2 Å². The van der Waals surface area contributed by atoms with E-state index in [-0.39, 0.29) is 17.5 Å². The second-order valence-corrected chi connectivity index (χ2v) is 8.35. The molecule has 170 valence electrons. The molecule has 0 bridgehead atoms. The van der Waals surface area contributed by atoms with Crippen LogP contribution in [0.1, 0.15) is 22.2 Å². The average Bonchev–Trinajstić information content (AvgIpc) is 3.28. The van der Waals surface area contributed by atoms with Crippen molar-refractivity contribution in [2.24, 2.45) is 0 Å². The van der Waals surface area contributed by atoms with E-state index in [0.29, 0.717) is 22.9 Å². The summed E-state index contributed by atoms with van der Waals surface area (Å²) in [7, 11) is 1.55. The highest BCUT2D eigenvalue weighted by atomic mass is 32.1. The molecule has 0 saturated heterocycles. The summed E-state index contributed by atoms with van der Waals surface area (Å²) in [6, 6.07) is 10.8. The molecule has 0 aliphatic carbocycles. The summed E-state index contributed by atoms with van der Waals surface area (Å²) < 4.78 is 14.8. The molecule has 0 aliphatic heterocycles. The van der Waals surface area contributed by atoms with Crippen LogP contribution in [0.15, 0.2) is 55.0 Å². The number of halogens is 1. The minimum Gasteiger partial charge on any atom is -0.338 e. The predicted octanol–water partition coefficient (Wildman–Crippen LogP) is 4.79. The van der Waals surface area contributed by atoms with Gasteiger partial charge in [0.1, 0.15) is 17.7 Å². The highest BCUT2D eigenvalue weighted by Crippen LogP contribution is 2.34. The lowest BCUT2D eigenvalue weighted by atomic mass is 10.1. The Balaban J connectivity index is 1.62. The minimum absolute atomic E-state index is 0.0806. The molecule has 10 heteroatoms. The number of nitrogens with zero attached hydrogens (tertiary/aromatic N) is 4. The van der Waals surface area contributed by atoms with Crippen molar-refractivity contribution in [3.8, 4) is 17.2 Å². The van der Waals surface area contributed by atoms with Gasteiger partial charge >= 0.3 is 6.03 Å². The summed E-state index contributed by atoms with van der Waals surface area (Å²) >= 11 is 1.28. The molecule has 2 N–H and O–H groups in total. The van der Waals surface area contributed by atoms with E-state index in [9.17, 15) is 14.0 Å². The number of aromatic nitrogens is 2. The van der Waals surface area contributed by atoms with E-state index in [1.165, 1.54) is 34.4 Å². The Hall–Kier alpha value is -4.36. The molecule has 0 unspecified atom stereocenters. The van der Waals surface area contributed by atoms with Crippen molar-refractivity contribution in [1.29, 1.82) is 5.26 Å². The van der Waals surface area contributed by atoms with E-state index in [1.807, 2.05) is 13.0 Å². The molecule has 0 spiro atoms. The summed E-state index contributed by atoms with van der Waals surface area (Å²) in [5, 5.41) is 15.0. The molecular weight excluding hydrogens is 455 g/mol. The number of nitriles is 1. The van der Waals surface area contributed by atoms with Gasteiger partial charge < -0.3 is 10.2 Å². The van der Waals surface area contributed by atoms with Crippen molar-refractivity contribution in [3.05, 3.63) is 71.2 Å². The van der Waals surface area contributed by atoms with Gasteiger partial charge in [-0.2, -0.15) is 5.26 Å². The van der Waals surface area contributed by atoms with Crippen LogP contribution in [-0.4, -0.2) is 35.5 Å². The molecule has 1 aromatic carbocycles. The smallest absolute Gasteiger partial charge is 0.320 e. The summed E-state index contributed by atoms with van der Waals surface area (Å²) in [6.45, 7) is 2.33. The molecule has 0 saturated carbocycles. The Kier molecular flexibility index (Phi) is 6.47. The third-order valence-corrected chi connectivity index (χ3v) is 6.13. The van der Waals surface area contributed by atoms with E-state index in [4.69, 9.17) is 5.26 Å². The van der Waals surface area contributed by atoms with E-state index in [1.54, 1.807) is 43.8 Å².